The molecule has 2 aromatic rings. The number of ether oxygens (including phenoxy) is 1. The number of anilines is 1. The summed E-state index contributed by atoms with van der Waals surface area (Å²) < 4.78 is 5.16. The van der Waals surface area contributed by atoms with Gasteiger partial charge < -0.3 is 25.2 Å². The molecule has 0 aliphatic rings. The van der Waals surface area contributed by atoms with E-state index in [9.17, 15) is 9.59 Å². The Labute approximate surface area is 172 Å². The lowest BCUT2D eigenvalue weighted by molar-refractivity contribution is -0.890. The summed E-state index contributed by atoms with van der Waals surface area (Å²) in [5, 5.41) is 5.40. The minimum absolute atomic E-state index is 0.0429. The van der Waals surface area contributed by atoms with Crippen LogP contribution < -0.4 is 25.2 Å². The minimum Gasteiger partial charge on any atom is -0.497 e. The molecule has 1 atom stereocenters. The average Bonchev–Trinajstić information content (AvgIpc) is 2.72. The molecule has 2 aromatic carbocycles. The van der Waals surface area contributed by atoms with Gasteiger partial charge in [-0.15, -0.1) is 0 Å². The van der Waals surface area contributed by atoms with Crippen molar-refractivity contribution in [2.24, 2.45) is 0 Å². The first kappa shape index (κ1) is 22.2. The van der Waals surface area contributed by atoms with Crippen LogP contribution >= 0.6 is 0 Å². The van der Waals surface area contributed by atoms with E-state index in [-0.39, 0.29) is 12.6 Å². The second kappa shape index (κ2) is 10.5. The van der Waals surface area contributed by atoms with Crippen molar-refractivity contribution in [3.05, 3.63) is 59.7 Å². The van der Waals surface area contributed by atoms with Crippen molar-refractivity contribution in [2.75, 3.05) is 46.7 Å². The molecular formula is C22H31N4O3+. The van der Waals surface area contributed by atoms with Crippen molar-refractivity contribution in [1.82, 2.24) is 10.6 Å². The molecule has 2 amide bonds. The number of benzene rings is 2. The molecule has 156 valence electrons. The van der Waals surface area contributed by atoms with Gasteiger partial charge in [0.25, 0.3) is 0 Å². The Morgan fingerprint density at radius 1 is 1.03 bits per heavy atom. The van der Waals surface area contributed by atoms with E-state index in [2.05, 4.69) is 22.8 Å². The molecule has 0 aromatic heterocycles. The van der Waals surface area contributed by atoms with Gasteiger partial charge in [-0.05, 0) is 29.8 Å². The fourth-order valence-corrected chi connectivity index (χ4v) is 2.98. The van der Waals surface area contributed by atoms with E-state index in [4.69, 9.17) is 4.74 Å². The lowest BCUT2D eigenvalue weighted by Crippen LogP contribution is -3.07. The molecule has 29 heavy (non-hydrogen) atoms. The number of nitrogens with one attached hydrogen (secondary N) is 3. The molecule has 7 heteroatoms. The van der Waals surface area contributed by atoms with Gasteiger partial charge in [0.05, 0.1) is 27.7 Å². The highest BCUT2D eigenvalue weighted by atomic mass is 16.5. The summed E-state index contributed by atoms with van der Waals surface area (Å²) in [4.78, 5) is 27.6. The molecule has 0 heterocycles. The van der Waals surface area contributed by atoms with Crippen molar-refractivity contribution in [2.45, 2.75) is 12.6 Å². The Kier molecular flexibility index (Phi) is 8.03. The van der Waals surface area contributed by atoms with Crippen LogP contribution in [-0.2, 0) is 16.1 Å². The van der Waals surface area contributed by atoms with E-state index < -0.39 is 11.8 Å². The van der Waals surface area contributed by atoms with E-state index in [1.807, 2.05) is 69.5 Å². The molecule has 0 fully saturated rings. The van der Waals surface area contributed by atoms with Gasteiger partial charge in [0.1, 0.15) is 11.8 Å². The number of amides is 2. The Hall–Kier alpha value is -3.06. The first-order valence-electron chi connectivity index (χ1n) is 9.58. The maximum Gasteiger partial charge on any atom is 0.309 e. The van der Waals surface area contributed by atoms with Crippen molar-refractivity contribution in [3.8, 4) is 5.75 Å². The predicted molar refractivity (Wildman–Crippen MR) is 114 cm³/mol. The molecule has 0 bridgehead atoms. The largest absolute Gasteiger partial charge is 0.497 e. The van der Waals surface area contributed by atoms with Crippen molar-refractivity contribution >= 4 is 17.5 Å². The summed E-state index contributed by atoms with van der Waals surface area (Å²) in [5.41, 5.74) is 3.08. The SMILES string of the molecule is COc1cccc(CNC(=O)C(=O)NC[C@H](c2ccc(N(C)C)cc2)[NH+](C)C)c1. The minimum atomic E-state index is -0.650. The molecule has 7 nitrogen and oxygen atoms in total. The highest BCUT2D eigenvalue weighted by molar-refractivity contribution is 6.35. The van der Waals surface area contributed by atoms with Crippen LogP contribution in [0.5, 0.6) is 5.75 Å². The van der Waals surface area contributed by atoms with Gasteiger partial charge in [0.15, 0.2) is 0 Å². The van der Waals surface area contributed by atoms with E-state index in [0.29, 0.717) is 12.3 Å². The van der Waals surface area contributed by atoms with Crippen molar-refractivity contribution in [3.63, 3.8) is 0 Å². The topological polar surface area (TPSA) is 75.1 Å². The van der Waals surface area contributed by atoms with Crippen LogP contribution in [0.25, 0.3) is 0 Å². The Bertz CT molecular complexity index is 819. The summed E-state index contributed by atoms with van der Waals surface area (Å²) in [6, 6.07) is 15.6. The Morgan fingerprint density at radius 3 is 2.28 bits per heavy atom. The second-order valence-corrected chi connectivity index (χ2v) is 7.36. The molecule has 0 aliphatic carbocycles. The third-order valence-corrected chi connectivity index (χ3v) is 4.77. The highest BCUT2D eigenvalue weighted by Gasteiger charge is 2.21. The number of hydrogen-bond acceptors (Lipinski definition) is 4. The molecule has 0 aliphatic heterocycles. The second-order valence-electron chi connectivity index (χ2n) is 7.36. The lowest BCUT2D eigenvalue weighted by atomic mass is 10.1. The summed E-state index contributed by atoms with van der Waals surface area (Å²) in [5.74, 6) is -0.578. The van der Waals surface area contributed by atoms with Crippen LogP contribution in [0.4, 0.5) is 5.69 Å². The first-order valence-corrected chi connectivity index (χ1v) is 9.58. The molecule has 0 spiro atoms. The Balaban J connectivity index is 1.91. The summed E-state index contributed by atoms with van der Waals surface area (Å²) in [6.07, 6.45) is 0. The summed E-state index contributed by atoms with van der Waals surface area (Å²) in [6.45, 7) is 0.632. The maximum atomic E-state index is 12.2. The van der Waals surface area contributed by atoms with Gasteiger partial charge in [0.2, 0.25) is 0 Å². The van der Waals surface area contributed by atoms with E-state index in [1.54, 1.807) is 7.11 Å². The lowest BCUT2D eigenvalue weighted by Gasteiger charge is -2.23. The number of likely N-dealkylation sites (N-methyl/N-ethyl adjacent to an activating group) is 1. The molecule has 0 unspecified atom stereocenters. The number of rotatable bonds is 8. The van der Waals surface area contributed by atoms with Gasteiger partial charge >= 0.3 is 11.8 Å². The zero-order chi connectivity index (χ0) is 21.4. The number of hydrogen-bond donors (Lipinski definition) is 3. The average molecular weight is 400 g/mol. The van der Waals surface area contributed by atoms with Crippen LogP contribution in [0.3, 0.4) is 0 Å². The summed E-state index contributed by atoms with van der Waals surface area (Å²) in [7, 11) is 9.63. The number of methoxy groups -OCH3 is 1. The molecule has 3 N–H and O–H groups in total. The monoisotopic (exact) mass is 399 g/mol. The van der Waals surface area contributed by atoms with Gasteiger partial charge in [-0.25, -0.2) is 0 Å². The van der Waals surface area contributed by atoms with Crippen LogP contribution in [0.15, 0.2) is 48.5 Å². The summed E-state index contributed by atoms with van der Waals surface area (Å²) >= 11 is 0. The van der Waals surface area contributed by atoms with Crippen LogP contribution in [-0.4, -0.2) is 53.7 Å². The predicted octanol–water partition coefficient (Wildman–Crippen LogP) is 0.379. The van der Waals surface area contributed by atoms with Gasteiger partial charge in [-0.3, -0.25) is 9.59 Å². The molecular weight excluding hydrogens is 368 g/mol. The highest BCUT2D eigenvalue weighted by Crippen LogP contribution is 2.16. The standard InChI is InChI=1S/C22H30N4O3/c1-25(2)18-11-9-17(10-12-18)20(26(3)4)15-24-22(28)21(27)23-14-16-7-6-8-19(13-16)29-5/h6-13,20H,14-15H2,1-5H3,(H,23,27)(H,24,28)/p+1/t20-/m1/s1. The van der Waals surface area contributed by atoms with Gasteiger partial charge in [-0.1, -0.05) is 24.3 Å². The molecule has 0 saturated heterocycles. The maximum absolute atomic E-state index is 12.2. The first-order chi connectivity index (χ1) is 13.8. The normalized spacial score (nSPS) is 11.7. The number of carbonyl (C=O) groups is 2. The van der Waals surface area contributed by atoms with Crippen LogP contribution in [0, 0.1) is 0 Å². The third kappa shape index (κ3) is 6.50. The van der Waals surface area contributed by atoms with Crippen molar-refractivity contribution < 1.29 is 19.2 Å². The van der Waals surface area contributed by atoms with E-state index in [0.717, 1.165) is 16.8 Å². The van der Waals surface area contributed by atoms with Crippen LogP contribution in [0.2, 0.25) is 0 Å². The number of nitrogens with zero attached hydrogens (tertiary/aromatic N) is 1. The zero-order valence-electron chi connectivity index (χ0n) is 17.8. The molecule has 2 rings (SSSR count). The quantitative estimate of drug-likeness (QED) is 0.561. The number of carbonyl (C=O) groups excluding carboxylic acids is 2. The van der Waals surface area contributed by atoms with Crippen LogP contribution in [0.1, 0.15) is 17.2 Å². The van der Waals surface area contributed by atoms with E-state index in [1.165, 1.54) is 4.90 Å². The fourth-order valence-electron chi connectivity index (χ4n) is 2.98. The zero-order valence-corrected chi connectivity index (χ0v) is 17.8. The Morgan fingerprint density at radius 2 is 1.69 bits per heavy atom. The van der Waals surface area contributed by atoms with Gasteiger partial charge in [-0.2, -0.15) is 0 Å². The smallest absolute Gasteiger partial charge is 0.309 e. The molecule has 0 radical (unpaired) electrons. The molecule has 0 saturated carbocycles. The van der Waals surface area contributed by atoms with Crippen molar-refractivity contribution in [1.29, 1.82) is 0 Å². The number of quaternary nitrogens is 1. The third-order valence-electron chi connectivity index (χ3n) is 4.77. The fraction of sp³-hybridized carbons (Fsp3) is 0.364. The van der Waals surface area contributed by atoms with Gasteiger partial charge in [0, 0.05) is 31.9 Å². The van der Waals surface area contributed by atoms with E-state index >= 15 is 0 Å².